The molecule has 27 heavy (non-hydrogen) atoms. The number of anilines is 1. The maximum Gasteiger partial charge on any atom is 0.233 e. The Morgan fingerprint density at radius 3 is 2.81 bits per heavy atom. The first-order valence-electron chi connectivity index (χ1n) is 8.20. The van der Waals surface area contributed by atoms with Crippen molar-refractivity contribution >= 4 is 27.7 Å². The van der Waals surface area contributed by atoms with Crippen LogP contribution >= 0.6 is 15.9 Å². The molecule has 0 spiro atoms. The summed E-state index contributed by atoms with van der Waals surface area (Å²) in [6.07, 6.45) is 0.140. The summed E-state index contributed by atoms with van der Waals surface area (Å²) in [7, 11) is 1.50. The van der Waals surface area contributed by atoms with Crippen molar-refractivity contribution < 1.29 is 13.9 Å². The Morgan fingerprint density at radius 1 is 1.30 bits per heavy atom. The molecule has 0 bridgehead atoms. The zero-order valence-corrected chi connectivity index (χ0v) is 16.1. The third-order valence-corrected chi connectivity index (χ3v) is 4.98. The summed E-state index contributed by atoms with van der Waals surface area (Å²) >= 11 is 3.37. The zero-order chi connectivity index (χ0) is 19.1. The largest absolute Gasteiger partial charge is 0.480 e. The second kappa shape index (κ2) is 6.73. The van der Waals surface area contributed by atoms with Crippen LogP contribution in [-0.2, 0) is 4.79 Å². The van der Waals surface area contributed by atoms with E-state index >= 15 is 0 Å². The fourth-order valence-electron chi connectivity index (χ4n) is 3.30. The number of fused-ring (bicyclic) bond motifs is 1. The van der Waals surface area contributed by atoms with E-state index in [0.29, 0.717) is 28.8 Å². The first kappa shape index (κ1) is 17.6. The lowest BCUT2D eigenvalue weighted by molar-refractivity contribution is -0.116. The second-order valence-corrected chi connectivity index (χ2v) is 7.08. The summed E-state index contributed by atoms with van der Waals surface area (Å²) < 4.78 is 21.8. The smallest absolute Gasteiger partial charge is 0.233 e. The minimum absolute atomic E-state index is 0.140. The number of carbonyl (C=O) groups is 1. The van der Waals surface area contributed by atoms with Crippen LogP contribution in [0.3, 0.4) is 0 Å². The Hall–Kier alpha value is -2.81. The van der Waals surface area contributed by atoms with Gasteiger partial charge in [0.2, 0.25) is 11.8 Å². The van der Waals surface area contributed by atoms with Crippen LogP contribution in [0.15, 0.2) is 34.8 Å². The van der Waals surface area contributed by atoms with E-state index in [-0.39, 0.29) is 18.1 Å². The van der Waals surface area contributed by atoms with Crippen LogP contribution in [0, 0.1) is 12.7 Å². The molecule has 1 aliphatic heterocycles. The van der Waals surface area contributed by atoms with Crippen molar-refractivity contribution in [3.8, 4) is 11.7 Å². The van der Waals surface area contributed by atoms with Crippen molar-refractivity contribution in [1.29, 1.82) is 0 Å². The van der Waals surface area contributed by atoms with Crippen LogP contribution in [0.4, 0.5) is 10.2 Å². The molecule has 1 atom stereocenters. The number of benzene rings is 1. The molecule has 0 aliphatic carbocycles. The fraction of sp³-hybridized carbons (Fsp3) is 0.222. The van der Waals surface area contributed by atoms with Crippen LogP contribution in [0.2, 0.25) is 0 Å². The van der Waals surface area contributed by atoms with Gasteiger partial charge in [-0.05, 0) is 36.8 Å². The Bertz CT molecular complexity index is 1030. The Labute approximate surface area is 162 Å². The number of ether oxygens (including phenoxy) is 1. The molecule has 1 amide bonds. The van der Waals surface area contributed by atoms with Crippen molar-refractivity contribution in [2.75, 3.05) is 12.4 Å². The number of halogens is 2. The summed E-state index contributed by atoms with van der Waals surface area (Å²) in [5, 5.41) is 15.4. The topological polar surface area (TPSA) is 81.9 Å². The van der Waals surface area contributed by atoms with Crippen molar-refractivity contribution in [2.24, 2.45) is 0 Å². The molecule has 0 radical (unpaired) electrons. The lowest BCUT2D eigenvalue weighted by Gasteiger charge is -2.24. The normalized spacial score (nSPS) is 16.0. The third kappa shape index (κ3) is 3.08. The Balaban J connectivity index is 1.86. The van der Waals surface area contributed by atoms with E-state index in [1.807, 2.05) is 6.92 Å². The third-order valence-electron chi connectivity index (χ3n) is 4.49. The summed E-state index contributed by atoms with van der Waals surface area (Å²) in [5.41, 5.74) is 1.90. The van der Waals surface area contributed by atoms with Crippen molar-refractivity contribution in [3.63, 3.8) is 0 Å². The van der Waals surface area contributed by atoms with E-state index in [2.05, 4.69) is 36.5 Å². The van der Waals surface area contributed by atoms with Gasteiger partial charge in [0, 0.05) is 28.4 Å². The molecule has 0 saturated carbocycles. The highest BCUT2D eigenvalue weighted by atomic mass is 79.9. The van der Waals surface area contributed by atoms with Gasteiger partial charge in [-0.2, -0.15) is 9.78 Å². The van der Waals surface area contributed by atoms with Gasteiger partial charge in [0.1, 0.15) is 11.6 Å². The molecule has 9 heteroatoms. The number of rotatable bonds is 3. The quantitative estimate of drug-likeness (QED) is 0.687. The minimum Gasteiger partial charge on any atom is -0.480 e. The molecule has 1 N–H and O–H groups in total. The van der Waals surface area contributed by atoms with Gasteiger partial charge in [-0.1, -0.05) is 15.9 Å². The van der Waals surface area contributed by atoms with Gasteiger partial charge in [-0.25, -0.2) is 4.39 Å². The van der Waals surface area contributed by atoms with Gasteiger partial charge >= 0.3 is 0 Å². The van der Waals surface area contributed by atoms with Gasteiger partial charge < -0.3 is 10.1 Å². The van der Waals surface area contributed by atoms with E-state index in [4.69, 9.17) is 4.74 Å². The van der Waals surface area contributed by atoms with Gasteiger partial charge in [0.25, 0.3) is 0 Å². The minimum atomic E-state index is -0.439. The van der Waals surface area contributed by atoms with Crippen molar-refractivity contribution in [1.82, 2.24) is 20.0 Å². The lowest BCUT2D eigenvalue weighted by atomic mass is 9.85. The number of aromatic nitrogens is 4. The fourth-order valence-corrected chi connectivity index (χ4v) is 3.67. The standard InChI is InChI=1S/C18H15BrFN5O2/c1-9-17-12(11-7-10(19)3-4-13(11)20)8-15(26)21-18(17)25(24-9)14-5-6-16(27-2)23-22-14/h3-7,12H,8H2,1-2H3,(H,21,26)/t12-/m0/s1. The van der Waals surface area contributed by atoms with Gasteiger partial charge in [0.15, 0.2) is 5.82 Å². The molecule has 2 aromatic heterocycles. The summed E-state index contributed by atoms with van der Waals surface area (Å²) in [6, 6.07) is 8.06. The molecule has 3 heterocycles. The number of hydrogen-bond acceptors (Lipinski definition) is 5. The number of nitrogens with zero attached hydrogens (tertiary/aromatic N) is 4. The number of carbonyl (C=O) groups excluding carboxylic acids is 1. The highest BCUT2D eigenvalue weighted by Crippen LogP contribution is 2.41. The first-order chi connectivity index (χ1) is 13.0. The molecule has 3 aromatic rings. The number of aryl methyl sites for hydroxylation is 1. The van der Waals surface area contributed by atoms with E-state index in [0.717, 1.165) is 10.0 Å². The maximum atomic E-state index is 14.5. The average Bonchev–Trinajstić information content (AvgIpc) is 2.99. The SMILES string of the molecule is COc1ccc(-n2nc(C)c3c2NC(=O)C[C@H]3c2cc(Br)ccc2F)nn1. The van der Waals surface area contributed by atoms with E-state index in [1.54, 1.807) is 24.3 Å². The van der Waals surface area contributed by atoms with Gasteiger partial charge in [0.05, 0.1) is 12.8 Å². The van der Waals surface area contributed by atoms with Crippen LogP contribution in [-0.4, -0.2) is 33.0 Å². The molecule has 0 fully saturated rings. The molecule has 7 nitrogen and oxygen atoms in total. The Morgan fingerprint density at radius 2 is 2.11 bits per heavy atom. The van der Waals surface area contributed by atoms with Gasteiger partial charge in [-0.15, -0.1) is 10.2 Å². The van der Waals surface area contributed by atoms with E-state index in [1.165, 1.54) is 17.9 Å². The van der Waals surface area contributed by atoms with Crippen LogP contribution in [0.1, 0.15) is 29.2 Å². The summed E-state index contributed by atoms with van der Waals surface area (Å²) in [6.45, 7) is 1.83. The zero-order valence-electron chi connectivity index (χ0n) is 14.5. The average molecular weight is 432 g/mol. The van der Waals surface area contributed by atoms with Crippen LogP contribution in [0.5, 0.6) is 5.88 Å². The lowest BCUT2D eigenvalue weighted by Crippen LogP contribution is -2.25. The van der Waals surface area contributed by atoms with Crippen molar-refractivity contribution in [2.45, 2.75) is 19.3 Å². The van der Waals surface area contributed by atoms with Crippen LogP contribution in [0.25, 0.3) is 5.82 Å². The monoisotopic (exact) mass is 431 g/mol. The van der Waals surface area contributed by atoms with Crippen LogP contribution < -0.4 is 10.1 Å². The molecule has 0 unspecified atom stereocenters. The molecule has 4 rings (SSSR count). The molecule has 1 aliphatic rings. The van der Waals surface area contributed by atoms with E-state index < -0.39 is 5.92 Å². The molecular weight excluding hydrogens is 417 g/mol. The molecule has 1 aromatic carbocycles. The molecular formula is C18H15BrFN5O2. The first-order valence-corrected chi connectivity index (χ1v) is 8.99. The maximum absolute atomic E-state index is 14.5. The number of nitrogens with one attached hydrogen (secondary N) is 1. The predicted molar refractivity (Wildman–Crippen MR) is 99.6 cm³/mol. The van der Waals surface area contributed by atoms with E-state index in [9.17, 15) is 9.18 Å². The highest BCUT2D eigenvalue weighted by Gasteiger charge is 2.34. The highest BCUT2D eigenvalue weighted by molar-refractivity contribution is 9.10. The number of hydrogen-bond donors (Lipinski definition) is 1. The summed E-state index contributed by atoms with van der Waals surface area (Å²) in [4.78, 5) is 12.4. The molecule has 0 saturated heterocycles. The predicted octanol–water partition coefficient (Wildman–Crippen LogP) is 3.36. The number of methoxy groups -OCH3 is 1. The van der Waals surface area contributed by atoms with Crippen molar-refractivity contribution in [3.05, 3.63) is 57.4 Å². The summed E-state index contributed by atoms with van der Waals surface area (Å²) in [5.74, 6) is 0.263. The second-order valence-electron chi connectivity index (χ2n) is 6.16. The van der Waals surface area contributed by atoms with Gasteiger partial charge in [-0.3, -0.25) is 4.79 Å². The molecule has 138 valence electrons. The number of amides is 1. The Kier molecular flexibility index (Phi) is 4.39.